The van der Waals surface area contributed by atoms with Crippen LogP contribution in [0.2, 0.25) is 0 Å². The molecule has 1 aliphatic carbocycles. The second-order valence-corrected chi connectivity index (χ2v) is 6.48. The Balaban J connectivity index is 1.60. The van der Waals surface area contributed by atoms with Crippen LogP contribution < -0.4 is 5.32 Å². The van der Waals surface area contributed by atoms with Crippen molar-refractivity contribution in [2.75, 3.05) is 6.54 Å². The van der Waals surface area contributed by atoms with E-state index in [9.17, 15) is 0 Å². The summed E-state index contributed by atoms with van der Waals surface area (Å²) in [6.45, 7) is 3.25. The van der Waals surface area contributed by atoms with E-state index in [1.165, 1.54) is 5.56 Å². The molecule has 2 unspecified atom stereocenters. The first-order chi connectivity index (χ1) is 10.3. The van der Waals surface area contributed by atoms with Gasteiger partial charge in [-0.1, -0.05) is 35.5 Å². The van der Waals surface area contributed by atoms with E-state index in [0.717, 1.165) is 43.9 Å². The minimum atomic E-state index is 0.0154. The van der Waals surface area contributed by atoms with Gasteiger partial charge in [0.2, 0.25) is 5.89 Å². The van der Waals surface area contributed by atoms with Gasteiger partial charge < -0.3 is 9.84 Å². The van der Waals surface area contributed by atoms with E-state index in [0.29, 0.717) is 12.0 Å². The zero-order valence-electron chi connectivity index (χ0n) is 12.4. The van der Waals surface area contributed by atoms with Gasteiger partial charge in [-0.25, -0.2) is 0 Å². The van der Waals surface area contributed by atoms with Gasteiger partial charge in [0.05, 0.1) is 5.41 Å². The Morgan fingerprint density at radius 3 is 2.76 bits per heavy atom. The summed E-state index contributed by atoms with van der Waals surface area (Å²) < 4.78 is 5.61. The lowest BCUT2D eigenvalue weighted by Crippen LogP contribution is -2.35. The molecule has 2 fully saturated rings. The number of nitrogens with one attached hydrogen (secondary N) is 1. The van der Waals surface area contributed by atoms with E-state index in [4.69, 9.17) is 9.51 Å². The molecule has 0 radical (unpaired) electrons. The minimum absolute atomic E-state index is 0.0154. The Labute approximate surface area is 124 Å². The van der Waals surface area contributed by atoms with Gasteiger partial charge in [-0.15, -0.1) is 0 Å². The molecule has 21 heavy (non-hydrogen) atoms. The van der Waals surface area contributed by atoms with Gasteiger partial charge in [0.15, 0.2) is 5.82 Å². The van der Waals surface area contributed by atoms with E-state index in [-0.39, 0.29) is 5.41 Å². The lowest BCUT2D eigenvalue weighted by atomic mass is 9.92. The van der Waals surface area contributed by atoms with Crippen molar-refractivity contribution in [1.82, 2.24) is 15.5 Å². The highest BCUT2D eigenvalue weighted by Gasteiger charge is 2.50. The summed E-state index contributed by atoms with van der Waals surface area (Å²) in [5.74, 6) is 2.13. The molecule has 1 saturated carbocycles. The minimum Gasteiger partial charge on any atom is -0.339 e. The summed E-state index contributed by atoms with van der Waals surface area (Å²) in [4.78, 5) is 4.77. The highest BCUT2D eigenvalue weighted by Crippen LogP contribution is 2.52. The van der Waals surface area contributed by atoms with E-state index in [1.807, 2.05) is 0 Å². The molecule has 2 aromatic rings. The fraction of sp³-hybridized carbons (Fsp3) is 0.529. The first-order valence-electron chi connectivity index (χ1n) is 7.91. The van der Waals surface area contributed by atoms with E-state index < -0.39 is 0 Å². The third kappa shape index (κ3) is 2.27. The highest BCUT2D eigenvalue weighted by atomic mass is 16.5. The largest absolute Gasteiger partial charge is 0.339 e. The third-order valence-corrected chi connectivity index (χ3v) is 4.92. The lowest BCUT2D eigenvalue weighted by Gasteiger charge is -2.25. The first-order valence-corrected chi connectivity index (χ1v) is 7.91. The Morgan fingerprint density at radius 1 is 1.24 bits per heavy atom. The smallest absolute Gasteiger partial charge is 0.229 e. The SMILES string of the molecule is CC1CC(c2nc(C3(c4ccccc4)CC3)no2)CCN1. The summed E-state index contributed by atoms with van der Waals surface area (Å²) >= 11 is 0. The van der Waals surface area contributed by atoms with Crippen molar-refractivity contribution in [2.24, 2.45) is 0 Å². The molecular formula is C17H21N3O. The zero-order chi connectivity index (χ0) is 14.3. The van der Waals surface area contributed by atoms with Crippen molar-refractivity contribution < 1.29 is 4.52 Å². The van der Waals surface area contributed by atoms with Crippen LogP contribution in [0.4, 0.5) is 0 Å². The zero-order valence-corrected chi connectivity index (χ0v) is 12.4. The predicted octanol–water partition coefficient (Wildman–Crippen LogP) is 3.01. The van der Waals surface area contributed by atoms with Gasteiger partial charge >= 0.3 is 0 Å². The molecule has 0 bridgehead atoms. The molecule has 1 aromatic carbocycles. The van der Waals surface area contributed by atoms with Crippen molar-refractivity contribution in [3.05, 3.63) is 47.6 Å². The third-order valence-electron chi connectivity index (χ3n) is 4.92. The van der Waals surface area contributed by atoms with Crippen molar-refractivity contribution in [2.45, 2.75) is 50.0 Å². The van der Waals surface area contributed by atoms with Crippen LogP contribution in [0.1, 0.15) is 55.8 Å². The number of piperidine rings is 1. The summed E-state index contributed by atoms with van der Waals surface area (Å²) in [6, 6.07) is 11.1. The first kappa shape index (κ1) is 13.0. The van der Waals surface area contributed by atoms with Gasteiger partial charge in [0.1, 0.15) is 0 Å². The summed E-state index contributed by atoms with van der Waals surface area (Å²) in [5, 5.41) is 7.79. The average Bonchev–Trinajstić information content (AvgIpc) is 3.18. The lowest BCUT2D eigenvalue weighted by molar-refractivity contribution is 0.294. The number of rotatable bonds is 3. The standard InChI is InChI=1S/C17H21N3O/c1-12-11-13(7-10-18-12)15-19-16(20-21-15)17(8-9-17)14-5-3-2-4-6-14/h2-6,12-13,18H,7-11H2,1H3. The van der Waals surface area contributed by atoms with Crippen LogP contribution in [0, 0.1) is 0 Å². The number of nitrogens with zero attached hydrogens (tertiary/aromatic N) is 2. The van der Waals surface area contributed by atoms with Crippen molar-refractivity contribution in [3.63, 3.8) is 0 Å². The normalized spacial score (nSPS) is 27.5. The van der Waals surface area contributed by atoms with E-state index in [1.54, 1.807) is 0 Å². The van der Waals surface area contributed by atoms with Crippen LogP contribution >= 0.6 is 0 Å². The van der Waals surface area contributed by atoms with Crippen LogP contribution in [-0.2, 0) is 5.41 Å². The van der Waals surface area contributed by atoms with Crippen LogP contribution in [-0.4, -0.2) is 22.7 Å². The average molecular weight is 283 g/mol. The van der Waals surface area contributed by atoms with Crippen molar-refractivity contribution in [1.29, 1.82) is 0 Å². The fourth-order valence-electron chi connectivity index (χ4n) is 3.48. The second kappa shape index (κ2) is 4.95. The van der Waals surface area contributed by atoms with Gasteiger partial charge in [0, 0.05) is 12.0 Å². The molecule has 1 N–H and O–H groups in total. The Hall–Kier alpha value is -1.68. The monoisotopic (exact) mass is 283 g/mol. The van der Waals surface area contributed by atoms with Gasteiger partial charge in [0.25, 0.3) is 0 Å². The number of hydrogen-bond acceptors (Lipinski definition) is 4. The van der Waals surface area contributed by atoms with Crippen LogP contribution in [0.25, 0.3) is 0 Å². The number of benzene rings is 1. The number of hydrogen-bond donors (Lipinski definition) is 1. The van der Waals surface area contributed by atoms with E-state index in [2.05, 4.69) is 47.7 Å². The summed E-state index contributed by atoms with van der Waals surface area (Å²) in [7, 11) is 0. The van der Waals surface area contributed by atoms with Crippen molar-refractivity contribution in [3.8, 4) is 0 Å². The van der Waals surface area contributed by atoms with Crippen molar-refractivity contribution >= 4 is 0 Å². The molecule has 110 valence electrons. The topological polar surface area (TPSA) is 51.0 Å². The maximum Gasteiger partial charge on any atom is 0.229 e. The molecule has 2 heterocycles. The van der Waals surface area contributed by atoms with Crippen LogP contribution in [0.3, 0.4) is 0 Å². The Kier molecular flexibility index (Phi) is 3.07. The molecule has 1 aromatic heterocycles. The predicted molar refractivity (Wildman–Crippen MR) is 80.2 cm³/mol. The quantitative estimate of drug-likeness (QED) is 0.940. The van der Waals surface area contributed by atoms with E-state index >= 15 is 0 Å². The molecule has 1 saturated heterocycles. The molecule has 2 aliphatic rings. The maximum atomic E-state index is 5.61. The fourth-order valence-corrected chi connectivity index (χ4v) is 3.48. The van der Waals surface area contributed by atoms with Crippen LogP contribution in [0.15, 0.2) is 34.9 Å². The highest BCUT2D eigenvalue weighted by molar-refractivity contribution is 5.38. The molecule has 0 amide bonds. The van der Waals surface area contributed by atoms with Gasteiger partial charge in [-0.05, 0) is 44.7 Å². The molecule has 0 spiro atoms. The second-order valence-electron chi connectivity index (χ2n) is 6.48. The Bertz CT molecular complexity index is 618. The molecule has 1 aliphatic heterocycles. The molecule has 4 rings (SSSR count). The summed E-state index contributed by atoms with van der Waals surface area (Å²) in [6.07, 6.45) is 4.42. The summed E-state index contributed by atoms with van der Waals surface area (Å²) in [5.41, 5.74) is 1.33. The van der Waals surface area contributed by atoms with Gasteiger partial charge in [-0.3, -0.25) is 0 Å². The maximum absolute atomic E-state index is 5.61. The molecule has 2 atom stereocenters. The molecular weight excluding hydrogens is 262 g/mol. The molecule has 4 nitrogen and oxygen atoms in total. The Morgan fingerprint density at radius 2 is 2.05 bits per heavy atom. The van der Waals surface area contributed by atoms with Gasteiger partial charge in [-0.2, -0.15) is 4.98 Å². The molecule has 4 heteroatoms. The van der Waals surface area contributed by atoms with Crippen LogP contribution in [0.5, 0.6) is 0 Å². The number of aromatic nitrogens is 2.